The Hall–Kier alpha value is -2.70. The molecular formula is C23H31N3O3. The molecule has 0 saturated heterocycles. The number of benzene rings is 2. The number of carbonyl (C=O) groups is 2. The second-order valence-electron chi connectivity index (χ2n) is 7.20. The molecule has 0 spiro atoms. The first-order chi connectivity index (χ1) is 13.9. The van der Waals surface area contributed by atoms with E-state index in [1.165, 1.54) is 0 Å². The molecule has 2 aromatic carbocycles. The van der Waals surface area contributed by atoms with E-state index < -0.39 is 0 Å². The van der Waals surface area contributed by atoms with E-state index in [-0.39, 0.29) is 24.9 Å². The van der Waals surface area contributed by atoms with E-state index in [4.69, 9.17) is 4.74 Å². The fourth-order valence-electron chi connectivity index (χ4n) is 2.97. The number of amides is 2. The zero-order chi connectivity index (χ0) is 21.2. The maximum atomic E-state index is 12.5. The van der Waals surface area contributed by atoms with Crippen molar-refractivity contribution < 1.29 is 14.3 Å². The minimum atomic E-state index is -0.151. The molecule has 0 radical (unpaired) electrons. The van der Waals surface area contributed by atoms with Crippen molar-refractivity contribution in [1.82, 2.24) is 10.2 Å². The van der Waals surface area contributed by atoms with Gasteiger partial charge in [0.15, 0.2) is 0 Å². The third-order valence-electron chi connectivity index (χ3n) is 4.96. The molecule has 0 bridgehead atoms. The van der Waals surface area contributed by atoms with Gasteiger partial charge in [0, 0.05) is 25.9 Å². The van der Waals surface area contributed by atoms with Gasteiger partial charge in [0.05, 0.1) is 19.7 Å². The summed E-state index contributed by atoms with van der Waals surface area (Å²) in [5.41, 5.74) is 5.18. The maximum absolute atomic E-state index is 12.5. The van der Waals surface area contributed by atoms with Crippen molar-refractivity contribution >= 4 is 17.5 Å². The second-order valence-corrected chi connectivity index (χ2v) is 7.20. The lowest BCUT2D eigenvalue weighted by molar-refractivity contribution is -0.123. The molecule has 2 amide bonds. The van der Waals surface area contributed by atoms with Crippen LogP contribution in [0.15, 0.2) is 42.5 Å². The van der Waals surface area contributed by atoms with E-state index in [2.05, 4.69) is 10.6 Å². The number of methoxy groups -OCH3 is 1. The molecule has 0 heterocycles. The fourth-order valence-corrected chi connectivity index (χ4v) is 2.97. The normalized spacial score (nSPS) is 10.8. The van der Waals surface area contributed by atoms with Gasteiger partial charge in [-0.3, -0.25) is 14.5 Å². The third-order valence-corrected chi connectivity index (χ3v) is 4.96. The maximum Gasteiger partial charge on any atom is 0.238 e. The van der Waals surface area contributed by atoms with Crippen molar-refractivity contribution in [3.8, 4) is 0 Å². The van der Waals surface area contributed by atoms with Gasteiger partial charge in [-0.15, -0.1) is 0 Å². The van der Waals surface area contributed by atoms with Crippen LogP contribution in [0.25, 0.3) is 0 Å². The molecule has 29 heavy (non-hydrogen) atoms. The Morgan fingerprint density at radius 1 is 0.931 bits per heavy atom. The number of hydrogen-bond donors (Lipinski definition) is 2. The molecule has 0 aromatic heterocycles. The first-order valence-electron chi connectivity index (χ1n) is 9.79. The molecular weight excluding hydrogens is 366 g/mol. The predicted octanol–water partition coefficient (Wildman–Crippen LogP) is 2.82. The van der Waals surface area contributed by atoms with Crippen LogP contribution >= 0.6 is 0 Å². The van der Waals surface area contributed by atoms with Gasteiger partial charge >= 0.3 is 0 Å². The number of hydrogen-bond acceptors (Lipinski definition) is 4. The summed E-state index contributed by atoms with van der Waals surface area (Å²) < 4.78 is 5.13. The number of nitrogens with zero attached hydrogens (tertiary/aromatic N) is 1. The van der Waals surface area contributed by atoms with Crippen molar-refractivity contribution in [1.29, 1.82) is 0 Å². The monoisotopic (exact) mass is 397 g/mol. The zero-order valence-electron chi connectivity index (χ0n) is 17.7. The van der Waals surface area contributed by atoms with Crippen molar-refractivity contribution in [2.75, 3.05) is 38.7 Å². The number of ether oxygens (including phenoxy) is 1. The van der Waals surface area contributed by atoms with Crippen LogP contribution in [0.3, 0.4) is 0 Å². The Kier molecular flexibility index (Phi) is 8.83. The van der Waals surface area contributed by atoms with E-state index in [1.807, 2.05) is 63.2 Å². The first-order valence-corrected chi connectivity index (χ1v) is 9.79. The molecule has 2 rings (SSSR count). The van der Waals surface area contributed by atoms with Crippen LogP contribution in [0.5, 0.6) is 0 Å². The fraction of sp³-hybridized carbons (Fsp3) is 0.391. The standard InChI is InChI=1S/C23H31N3O3/c1-17-9-7-11-21(19(17)3)25-23(28)16-26(12-13-29-4)15-22(27)24-14-20-10-6-5-8-18(20)2/h5-11H,12-16H2,1-4H3,(H,24,27)(H,25,28). The van der Waals surface area contributed by atoms with Crippen molar-refractivity contribution in [2.45, 2.75) is 27.3 Å². The van der Waals surface area contributed by atoms with E-state index in [9.17, 15) is 9.59 Å². The lowest BCUT2D eigenvalue weighted by Gasteiger charge is -2.21. The minimum absolute atomic E-state index is 0.120. The topological polar surface area (TPSA) is 70.7 Å². The number of nitrogens with one attached hydrogen (secondary N) is 2. The summed E-state index contributed by atoms with van der Waals surface area (Å²) in [6.45, 7) is 7.67. The highest BCUT2D eigenvalue weighted by atomic mass is 16.5. The highest BCUT2D eigenvalue weighted by Crippen LogP contribution is 2.17. The molecule has 6 heteroatoms. The Bertz CT molecular complexity index is 836. The van der Waals surface area contributed by atoms with Gasteiger partial charge in [0.1, 0.15) is 0 Å². The number of anilines is 1. The molecule has 0 atom stereocenters. The molecule has 0 aliphatic heterocycles. The summed E-state index contributed by atoms with van der Waals surface area (Å²) in [6, 6.07) is 13.8. The van der Waals surface area contributed by atoms with Crippen LogP contribution in [0.4, 0.5) is 5.69 Å². The summed E-state index contributed by atoms with van der Waals surface area (Å²) >= 11 is 0. The largest absolute Gasteiger partial charge is 0.383 e. The average molecular weight is 398 g/mol. The van der Waals surface area contributed by atoms with Gasteiger partial charge in [-0.25, -0.2) is 0 Å². The number of carbonyl (C=O) groups excluding carboxylic acids is 2. The molecule has 0 unspecified atom stereocenters. The van der Waals surface area contributed by atoms with Gasteiger partial charge in [-0.2, -0.15) is 0 Å². The summed E-state index contributed by atoms with van der Waals surface area (Å²) in [4.78, 5) is 26.7. The van der Waals surface area contributed by atoms with Crippen molar-refractivity contribution in [3.63, 3.8) is 0 Å². The van der Waals surface area contributed by atoms with E-state index in [0.717, 1.165) is 27.9 Å². The van der Waals surface area contributed by atoms with Gasteiger partial charge in [0.25, 0.3) is 0 Å². The van der Waals surface area contributed by atoms with Gasteiger partial charge in [0.2, 0.25) is 11.8 Å². The molecule has 0 fully saturated rings. The van der Waals surface area contributed by atoms with E-state index >= 15 is 0 Å². The first kappa shape index (κ1) is 22.6. The highest BCUT2D eigenvalue weighted by Gasteiger charge is 2.15. The Morgan fingerprint density at radius 3 is 2.34 bits per heavy atom. The van der Waals surface area contributed by atoms with Crippen LogP contribution in [-0.2, 0) is 20.9 Å². The Balaban J connectivity index is 1.92. The number of aryl methyl sites for hydroxylation is 2. The minimum Gasteiger partial charge on any atom is -0.383 e. The molecule has 156 valence electrons. The quantitative estimate of drug-likeness (QED) is 0.647. The number of rotatable bonds is 10. The second kappa shape index (κ2) is 11.3. The van der Waals surface area contributed by atoms with E-state index in [0.29, 0.717) is 19.7 Å². The molecule has 2 N–H and O–H groups in total. The smallest absolute Gasteiger partial charge is 0.238 e. The molecule has 2 aromatic rings. The summed E-state index contributed by atoms with van der Waals surface area (Å²) in [5, 5.41) is 5.88. The Labute approximate surface area is 173 Å². The van der Waals surface area contributed by atoms with Crippen LogP contribution in [0.2, 0.25) is 0 Å². The molecule has 0 aliphatic carbocycles. The molecule has 0 saturated carbocycles. The van der Waals surface area contributed by atoms with Gasteiger partial charge < -0.3 is 15.4 Å². The summed E-state index contributed by atoms with van der Waals surface area (Å²) in [5.74, 6) is -0.273. The average Bonchev–Trinajstić information content (AvgIpc) is 2.69. The van der Waals surface area contributed by atoms with Gasteiger partial charge in [-0.05, 0) is 49.1 Å². The SMILES string of the molecule is COCCN(CC(=O)NCc1ccccc1C)CC(=O)Nc1cccc(C)c1C. The molecule has 0 aliphatic rings. The summed E-state index contributed by atoms with van der Waals surface area (Å²) in [7, 11) is 1.60. The van der Waals surface area contributed by atoms with Crippen LogP contribution in [-0.4, -0.2) is 50.1 Å². The predicted molar refractivity (Wildman–Crippen MR) is 116 cm³/mol. The lowest BCUT2D eigenvalue weighted by atomic mass is 10.1. The third kappa shape index (κ3) is 7.33. The molecule has 6 nitrogen and oxygen atoms in total. The van der Waals surface area contributed by atoms with E-state index in [1.54, 1.807) is 12.0 Å². The van der Waals surface area contributed by atoms with Crippen LogP contribution in [0.1, 0.15) is 22.3 Å². The zero-order valence-corrected chi connectivity index (χ0v) is 17.7. The Morgan fingerprint density at radius 2 is 1.62 bits per heavy atom. The van der Waals surface area contributed by atoms with Gasteiger partial charge in [-0.1, -0.05) is 36.4 Å². The lowest BCUT2D eigenvalue weighted by Crippen LogP contribution is -2.42. The van der Waals surface area contributed by atoms with Crippen LogP contribution < -0.4 is 10.6 Å². The summed E-state index contributed by atoms with van der Waals surface area (Å²) in [6.07, 6.45) is 0. The van der Waals surface area contributed by atoms with Crippen molar-refractivity contribution in [2.24, 2.45) is 0 Å². The highest BCUT2D eigenvalue weighted by molar-refractivity contribution is 5.93. The van der Waals surface area contributed by atoms with Crippen LogP contribution in [0, 0.1) is 20.8 Å². The van der Waals surface area contributed by atoms with Crippen molar-refractivity contribution in [3.05, 3.63) is 64.7 Å².